The number of anilines is 2. The third-order valence-corrected chi connectivity index (χ3v) is 3.60. The van der Waals surface area contributed by atoms with Gasteiger partial charge in [-0.15, -0.1) is 5.10 Å². The second-order valence-corrected chi connectivity index (χ2v) is 5.58. The van der Waals surface area contributed by atoms with Gasteiger partial charge in [0.05, 0.1) is 18.4 Å². The van der Waals surface area contributed by atoms with Gasteiger partial charge in [-0.3, -0.25) is 4.98 Å². The Morgan fingerprint density at radius 1 is 1.00 bits per heavy atom. The van der Waals surface area contributed by atoms with E-state index in [1.807, 2.05) is 42.5 Å². The van der Waals surface area contributed by atoms with Gasteiger partial charge in [0.1, 0.15) is 0 Å². The van der Waals surface area contributed by atoms with E-state index < -0.39 is 0 Å². The van der Waals surface area contributed by atoms with Crippen molar-refractivity contribution in [2.75, 3.05) is 17.2 Å². The summed E-state index contributed by atoms with van der Waals surface area (Å²) in [6.45, 7) is 1.30. The predicted molar refractivity (Wildman–Crippen MR) is 95.0 cm³/mol. The molecule has 0 atom stereocenters. The minimum atomic E-state index is 0.470. The summed E-state index contributed by atoms with van der Waals surface area (Å²) in [5.41, 5.74) is 2.13. The van der Waals surface area contributed by atoms with Gasteiger partial charge < -0.3 is 10.6 Å². The molecule has 0 saturated heterocycles. The Balaban J connectivity index is 1.50. The van der Waals surface area contributed by atoms with Crippen molar-refractivity contribution in [3.05, 3.63) is 71.1 Å². The maximum Gasteiger partial charge on any atom is 0.245 e. The molecule has 6 nitrogen and oxygen atoms in total. The summed E-state index contributed by atoms with van der Waals surface area (Å²) in [6.07, 6.45) is 4.23. The van der Waals surface area contributed by atoms with E-state index in [0.717, 1.165) is 23.7 Å². The lowest BCUT2D eigenvalue weighted by Gasteiger charge is -2.07. The number of rotatable bonds is 7. The van der Waals surface area contributed by atoms with E-state index in [0.29, 0.717) is 18.3 Å². The van der Waals surface area contributed by atoms with Crippen molar-refractivity contribution in [2.45, 2.75) is 13.0 Å². The van der Waals surface area contributed by atoms with Crippen LogP contribution in [-0.2, 0) is 13.0 Å². The van der Waals surface area contributed by atoms with Gasteiger partial charge in [0.25, 0.3) is 0 Å². The first-order valence-corrected chi connectivity index (χ1v) is 7.99. The molecule has 0 bridgehead atoms. The van der Waals surface area contributed by atoms with E-state index in [1.54, 1.807) is 12.4 Å². The molecule has 0 aliphatic rings. The van der Waals surface area contributed by atoms with Gasteiger partial charge in [0, 0.05) is 17.8 Å². The van der Waals surface area contributed by atoms with Crippen LogP contribution in [0.15, 0.2) is 54.9 Å². The topological polar surface area (TPSA) is 75.6 Å². The Bertz CT molecular complexity index is 764. The van der Waals surface area contributed by atoms with Gasteiger partial charge in [-0.25, -0.2) is 0 Å². The lowest BCUT2D eigenvalue weighted by molar-refractivity contribution is 0.919. The fourth-order valence-electron chi connectivity index (χ4n) is 2.12. The van der Waals surface area contributed by atoms with Crippen molar-refractivity contribution in [1.82, 2.24) is 20.2 Å². The standard InChI is InChI=1S/C17H17ClN6/c18-14-6-4-13(5-7-14)8-10-20-16-12-22-24-17(23-16)21-11-15-3-1-2-9-19-15/h1-7,9,12H,8,10-11H2,(H2,20,21,23,24). The average molecular weight is 341 g/mol. The highest BCUT2D eigenvalue weighted by Gasteiger charge is 2.01. The van der Waals surface area contributed by atoms with Crippen LogP contribution in [0.2, 0.25) is 5.02 Å². The van der Waals surface area contributed by atoms with Crippen LogP contribution in [-0.4, -0.2) is 26.7 Å². The van der Waals surface area contributed by atoms with Crippen LogP contribution in [0.4, 0.5) is 11.8 Å². The summed E-state index contributed by atoms with van der Waals surface area (Å²) < 4.78 is 0. The molecule has 122 valence electrons. The molecule has 3 aromatic rings. The second kappa shape index (κ2) is 8.21. The highest BCUT2D eigenvalue weighted by molar-refractivity contribution is 6.30. The molecule has 0 aliphatic heterocycles. The molecular formula is C17H17ClN6. The molecule has 0 spiro atoms. The van der Waals surface area contributed by atoms with Gasteiger partial charge in [0.2, 0.25) is 5.95 Å². The maximum absolute atomic E-state index is 5.88. The van der Waals surface area contributed by atoms with Crippen molar-refractivity contribution in [1.29, 1.82) is 0 Å². The smallest absolute Gasteiger partial charge is 0.245 e. The lowest BCUT2D eigenvalue weighted by Crippen LogP contribution is -2.10. The number of hydrogen-bond acceptors (Lipinski definition) is 6. The SMILES string of the molecule is Clc1ccc(CCNc2cnnc(NCc3ccccn3)n2)cc1. The van der Waals surface area contributed by atoms with E-state index >= 15 is 0 Å². The Kier molecular flexibility index (Phi) is 5.52. The largest absolute Gasteiger partial charge is 0.368 e. The predicted octanol–water partition coefficient (Wildman–Crippen LogP) is 3.19. The van der Waals surface area contributed by atoms with Gasteiger partial charge in [0.15, 0.2) is 5.82 Å². The third-order valence-electron chi connectivity index (χ3n) is 3.35. The maximum atomic E-state index is 5.88. The number of nitrogens with one attached hydrogen (secondary N) is 2. The third kappa shape index (κ3) is 4.89. The summed E-state index contributed by atoms with van der Waals surface area (Å²) in [4.78, 5) is 8.63. The van der Waals surface area contributed by atoms with E-state index in [9.17, 15) is 0 Å². The zero-order valence-electron chi connectivity index (χ0n) is 13.0. The second-order valence-electron chi connectivity index (χ2n) is 5.14. The van der Waals surface area contributed by atoms with Crippen molar-refractivity contribution >= 4 is 23.4 Å². The number of pyridine rings is 1. The highest BCUT2D eigenvalue weighted by Crippen LogP contribution is 2.10. The summed E-state index contributed by atoms with van der Waals surface area (Å²) in [5, 5.41) is 15.0. The number of aromatic nitrogens is 4. The quantitative estimate of drug-likeness (QED) is 0.688. The molecule has 2 aromatic heterocycles. The molecule has 24 heavy (non-hydrogen) atoms. The van der Waals surface area contributed by atoms with Crippen molar-refractivity contribution in [2.24, 2.45) is 0 Å². The average Bonchev–Trinajstić information content (AvgIpc) is 2.63. The van der Waals surface area contributed by atoms with Gasteiger partial charge >= 0.3 is 0 Å². The van der Waals surface area contributed by atoms with E-state index in [2.05, 4.69) is 30.8 Å². The van der Waals surface area contributed by atoms with Gasteiger partial charge in [-0.1, -0.05) is 29.8 Å². The molecule has 1 aromatic carbocycles. The fraction of sp³-hybridized carbons (Fsp3) is 0.176. The van der Waals surface area contributed by atoms with Crippen LogP contribution in [0.3, 0.4) is 0 Å². The van der Waals surface area contributed by atoms with Gasteiger partial charge in [-0.2, -0.15) is 10.1 Å². The number of benzene rings is 1. The minimum absolute atomic E-state index is 0.470. The monoisotopic (exact) mass is 340 g/mol. The molecule has 0 radical (unpaired) electrons. The molecule has 2 N–H and O–H groups in total. The fourth-order valence-corrected chi connectivity index (χ4v) is 2.25. The zero-order chi connectivity index (χ0) is 16.6. The molecule has 0 aliphatic carbocycles. The lowest BCUT2D eigenvalue weighted by atomic mass is 10.1. The normalized spacial score (nSPS) is 10.4. The van der Waals surface area contributed by atoms with E-state index in [-0.39, 0.29) is 0 Å². The first-order valence-electron chi connectivity index (χ1n) is 7.61. The number of hydrogen-bond donors (Lipinski definition) is 2. The zero-order valence-corrected chi connectivity index (χ0v) is 13.7. The summed E-state index contributed by atoms with van der Waals surface area (Å²) in [5.74, 6) is 1.15. The molecule has 2 heterocycles. The molecule has 0 saturated carbocycles. The van der Waals surface area contributed by atoms with Crippen LogP contribution in [0, 0.1) is 0 Å². The van der Waals surface area contributed by atoms with Crippen molar-refractivity contribution in [3.8, 4) is 0 Å². The molecule has 3 rings (SSSR count). The summed E-state index contributed by atoms with van der Waals surface area (Å²) in [7, 11) is 0. The van der Waals surface area contributed by atoms with Crippen LogP contribution >= 0.6 is 11.6 Å². The Labute approximate surface area is 145 Å². The van der Waals surface area contributed by atoms with Crippen LogP contribution in [0.5, 0.6) is 0 Å². The van der Waals surface area contributed by atoms with Crippen molar-refractivity contribution in [3.63, 3.8) is 0 Å². The Hall–Kier alpha value is -2.73. The molecule has 0 fully saturated rings. The first-order chi connectivity index (χ1) is 11.8. The first kappa shape index (κ1) is 16.1. The van der Waals surface area contributed by atoms with E-state index in [4.69, 9.17) is 11.6 Å². The van der Waals surface area contributed by atoms with Gasteiger partial charge in [-0.05, 0) is 36.2 Å². The Morgan fingerprint density at radius 3 is 2.67 bits per heavy atom. The van der Waals surface area contributed by atoms with Crippen LogP contribution < -0.4 is 10.6 Å². The minimum Gasteiger partial charge on any atom is -0.368 e. The summed E-state index contributed by atoms with van der Waals surface area (Å²) >= 11 is 5.88. The van der Waals surface area contributed by atoms with Crippen LogP contribution in [0.1, 0.15) is 11.3 Å². The number of nitrogens with zero attached hydrogens (tertiary/aromatic N) is 4. The van der Waals surface area contributed by atoms with E-state index in [1.165, 1.54) is 5.56 Å². The van der Waals surface area contributed by atoms with Crippen LogP contribution in [0.25, 0.3) is 0 Å². The molecule has 7 heteroatoms. The molecule has 0 amide bonds. The molecular weight excluding hydrogens is 324 g/mol. The number of halogens is 1. The Morgan fingerprint density at radius 2 is 1.88 bits per heavy atom. The van der Waals surface area contributed by atoms with Crippen molar-refractivity contribution < 1.29 is 0 Å². The molecule has 0 unspecified atom stereocenters. The highest BCUT2D eigenvalue weighted by atomic mass is 35.5. The summed E-state index contributed by atoms with van der Waals surface area (Å²) in [6, 6.07) is 13.6.